The molecule has 66 valence electrons. The van der Waals surface area contributed by atoms with Crippen LogP contribution < -0.4 is 0 Å². The molecule has 0 fully saturated rings. The van der Waals surface area contributed by atoms with Crippen molar-refractivity contribution in [1.82, 2.24) is 9.88 Å². The van der Waals surface area contributed by atoms with Gasteiger partial charge in [-0.3, -0.25) is 5.41 Å². The molecule has 0 aliphatic rings. The first-order valence-electron chi connectivity index (χ1n) is 3.89. The van der Waals surface area contributed by atoms with Crippen LogP contribution in [0.2, 0.25) is 0 Å². The topological polar surface area (TPSA) is 40.0 Å². The summed E-state index contributed by atoms with van der Waals surface area (Å²) in [5, 5.41) is 9.56. The van der Waals surface area contributed by atoms with Crippen LogP contribution in [-0.2, 0) is 6.54 Å². The largest absolute Gasteiger partial charge is 0.358 e. The third-order valence-electron chi connectivity index (χ3n) is 1.68. The summed E-state index contributed by atoms with van der Waals surface area (Å²) in [6.45, 7) is 2.73. The average molecular weight is 183 g/mol. The maximum absolute atomic E-state index is 7.55. The first-order chi connectivity index (χ1) is 5.74. The van der Waals surface area contributed by atoms with Crippen molar-refractivity contribution in [3.63, 3.8) is 0 Å². The van der Waals surface area contributed by atoms with Crippen LogP contribution in [0.4, 0.5) is 0 Å². The monoisotopic (exact) mass is 183 g/mol. The standard InChI is InChI=1S/C8H13N3S/c1-3-8(9)11(2)4-7-5-12-6-10-7/h5-6,9H,3-4H2,1-2H3. The summed E-state index contributed by atoms with van der Waals surface area (Å²) in [7, 11) is 1.92. The van der Waals surface area contributed by atoms with Gasteiger partial charge in [0.25, 0.3) is 0 Å². The SMILES string of the molecule is CCC(=N)N(C)Cc1cscn1. The normalized spacial score (nSPS) is 9.83. The number of thiazole rings is 1. The molecule has 1 aromatic rings. The predicted octanol–water partition coefficient (Wildman–Crippen LogP) is 1.96. The number of hydrogen-bond donors (Lipinski definition) is 1. The van der Waals surface area contributed by atoms with E-state index in [2.05, 4.69) is 4.98 Å². The van der Waals surface area contributed by atoms with Gasteiger partial charge in [-0.1, -0.05) is 6.92 Å². The average Bonchev–Trinajstić information content (AvgIpc) is 2.55. The van der Waals surface area contributed by atoms with Crippen molar-refractivity contribution in [2.75, 3.05) is 7.05 Å². The molecule has 1 heterocycles. The molecule has 0 aliphatic carbocycles. The molecular formula is C8H13N3S. The molecule has 3 nitrogen and oxygen atoms in total. The molecule has 0 spiro atoms. The minimum absolute atomic E-state index is 0.656. The van der Waals surface area contributed by atoms with Crippen LogP contribution >= 0.6 is 11.3 Å². The van der Waals surface area contributed by atoms with Gasteiger partial charge in [-0.2, -0.15) is 0 Å². The number of hydrogen-bond acceptors (Lipinski definition) is 3. The fraction of sp³-hybridized carbons (Fsp3) is 0.500. The Morgan fingerprint density at radius 3 is 3.00 bits per heavy atom. The van der Waals surface area contributed by atoms with Crippen molar-refractivity contribution in [3.05, 3.63) is 16.6 Å². The first-order valence-corrected chi connectivity index (χ1v) is 4.84. The summed E-state index contributed by atoms with van der Waals surface area (Å²) in [4.78, 5) is 6.06. The summed E-state index contributed by atoms with van der Waals surface area (Å²) in [6.07, 6.45) is 0.778. The molecule has 1 aromatic heterocycles. The molecule has 0 bridgehead atoms. The number of nitrogens with one attached hydrogen (secondary N) is 1. The highest BCUT2D eigenvalue weighted by Gasteiger charge is 2.03. The Balaban J connectivity index is 2.47. The molecule has 0 radical (unpaired) electrons. The summed E-state index contributed by atoms with van der Waals surface area (Å²) < 4.78 is 0. The molecule has 0 aliphatic heterocycles. The van der Waals surface area contributed by atoms with Crippen LogP contribution in [0, 0.1) is 5.41 Å². The minimum Gasteiger partial charge on any atom is -0.358 e. The Hall–Kier alpha value is -0.900. The third kappa shape index (κ3) is 2.30. The second-order valence-corrected chi connectivity index (χ2v) is 3.35. The van der Waals surface area contributed by atoms with Gasteiger partial charge in [-0.25, -0.2) is 4.98 Å². The number of aromatic nitrogens is 1. The van der Waals surface area contributed by atoms with Gasteiger partial charge in [-0.15, -0.1) is 11.3 Å². The molecule has 0 saturated heterocycles. The van der Waals surface area contributed by atoms with Crippen LogP contribution in [0.5, 0.6) is 0 Å². The number of rotatable bonds is 3. The molecule has 1 N–H and O–H groups in total. The lowest BCUT2D eigenvalue weighted by molar-refractivity contribution is 0.481. The molecule has 1 rings (SSSR count). The fourth-order valence-corrected chi connectivity index (χ4v) is 1.47. The van der Waals surface area contributed by atoms with Crippen molar-refractivity contribution in [3.8, 4) is 0 Å². The molecule has 0 atom stereocenters. The summed E-state index contributed by atoms with van der Waals surface area (Å²) in [5.74, 6) is 0.656. The lowest BCUT2D eigenvalue weighted by atomic mass is 10.3. The van der Waals surface area contributed by atoms with Gasteiger partial charge in [0, 0.05) is 18.8 Å². The maximum Gasteiger partial charge on any atom is 0.0955 e. The van der Waals surface area contributed by atoms with E-state index in [9.17, 15) is 0 Å². The fourth-order valence-electron chi connectivity index (χ4n) is 0.924. The van der Waals surface area contributed by atoms with E-state index in [1.54, 1.807) is 11.3 Å². The Labute approximate surface area is 76.6 Å². The molecule has 4 heteroatoms. The van der Waals surface area contributed by atoms with Gasteiger partial charge >= 0.3 is 0 Å². The molecule has 0 amide bonds. The van der Waals surface area contributed by atoms with Gasteiger partial charge < -0.3 is 4.90 Å². The summed E-state index contributed by atoms with van der Waals surface area (Å²) >= 11 is 1.59. The quantitative estimate of drug-likeness (QED) is 0.575. The smallest absolute Gasteiger partial charge is 0.0955 e. The molecule has 0 aromatic carbocycles. The zero-order chi connectivity index (χ0) is 8.97. The van der Waals surface area contributed by atoms with Gasteiger partial charge in [0.1, 0.15) is 0 Å². The van der Waals surface area contributed by atoms with Crippen LogP contribution in [0.1, 0.15) is 19.0 Å². The van der Waals surface area contributed by atoms with Gasteiger partial charge in [0.05, 0.1) is 23.6 Å². The lowest BCUT2D eigenvalue weighted by Crippen LogP contribution is -2.24. The molecule has 0 unspecified atom stereocenters. The summed E-state index contributed by atoms with van der Waals surface area (Å²) in [6, 6.07) is 0. The maximum atomic E-state index is 7.55. The molecule has 12 heavy (non-hydrogen) atoms. The van der Waals surface area contributed by atoms with E-state index in [0.717, 1.165) is 18.7 Å². The third-order valence-corrected chi connectivity index (χ3v) is 2.31. The van der Waals surface area contributed by atoms with Crippen molar-refractivity contribution < 1.29 is 0 Å². The van der Waals surface area contributed by atoms with Gasteiger partial charge in [-0.05, 0) is 0 Å². The van der Waals surface area contributed by atoms with Crippen molar-refractivity contribution in [2.24, 2.45) is 0 Å². The minimum atomic E-state index is 0.656. The highest BCUT2D eigenvalue weighted by Crippen LogP contribution is 2.04. The highest BCUT2D eigenvalue weighted by atomic mass is 32.1. The van der Waals surface area contributed by atoms with E-state index in [1.807, 2.05) is 29.8 Å². The second kappa shape index (κ2) is 4.21. The van der Waals surface area contributed by atoms with E-state index >= 15 is 0 Å². The molecule has 0 saturated carbocycles. The Kier molecular flexibility index (Phi) is 3.22. The lowest BCUT2D eigenvalue weighted by Gasteiger charge is -2.17. The van der Waals surface area contributed by atoms with Crippen LogP contribution in [0.3, 0.4) is 0 Å². The highest BCUT2D eigenvalue weighted by molar-refractivity contribution is 7.07. The van der Waals surface area contributed by atoms with Crippen molar-refractivity contribution >= 4 is 17.2 Å². The van der Waals surface area contributed by atoms with Crippen molar-refractivity contribution in [2.45, 2.75) is 19.9 Å². The zero-order valence-electron chi connectivity index (χ0n) is 7.37. The predicted molar refractivity (Wildman–Crippen MR) is 51.6 cm³/mol. The Morgan fingerprint density at radius 2 is 2.50 bits per heavy atom. The first kappa shape index (κ1) is 9.19. The second-order valence-electron chi connectivity index (χ2n) is 2.64. The van der Waals surface area contributed by atoms with E-state index < -0.39 is 0 Å². The van der Waals surface area contributed by atoms with Crippen LogP contribution in [-0.4, -0.2) is 22.8 Å². The van der Waals surface area contributed by atoms with Crippen LogP contribution in [0.25, 0.3) is 0 Å². The van der Waals surface area contributed by atoms with Gasteiger partial charge in [0.2, 0.25) is 0 Å². The van der Waals surface area contributed by atoms with E-state index in [1.165, 1.54) is 0 Å². The van der Waals surface area contributed by atoms with Crippen molar-refractivity contribution in [1.29, 1.82) is 5.41 Å². The molecular weight excluding hydrogens is 170 g/mol. The van der Waals surface area contributed by atoms with Gasteiger partial charge in [0.15, 0.2) is 0 Å². The van der Waals surface area contributed by atoms with E-state index in [4.69, 9.17) is 5.41 Å². The Bertz CT molecular complexity index is 243. The van der Waals surface area contributed by atoms with E-state index in [0.29, 0.717) is 5.84 Å². The summed E-state index contributed by atoms with van der Waals surface area (Å²) in [5.41, 5.74) is 2.86. The van der Waals surface area contributed by atoms with Crippen LogP contribution in [0.15, 0.2) is 10.9 Å². The number of nitrogens with zero attached hydrogens (tertiary/aromatic N) is 2. The Morgan fingerprint density at radius 1 is 1.75 bits per heavy atom. The zero-order valence-corrected chi connectivity index (χ0v) is 8.19. The number of amidine groups is 1. The van der Waals surface area contributed by atoms with E-state index in [-0.39, 0.29) is 0 Å².